The number of benzene rings is 2. The van der Waals surface area contributed by atoms with Gasteiger partial charge in [-0.25, -0.2) is 13.1 Å². The zero-order valence-electron chi connectivity index (χ0n) is 16.8. The number of rotatable bonds is 9. The minimum Gasteiger partial charge on any atom is -0.481 e. The third kappa shape index (κ3) is 5.71. The fourth-order valence-electron chi connectivity index (χ4n) is 2.78. The van der Waals surface area contributed by atoms with Crippen LogP contribution < -0.4 is 14.8 Å². The predicted octanol–water partition coefficient (Wildman–Crippen LogP) is 3.86. The molecule has 1 atom stereocenters. The number of ether oxygens (including phenoxy) is 1. The third-order valence-electron chi connectivity index (χ3n) is 4.38. The average Bonchev–Trinajstić information content (AvgIpc) is 3.25. The lowest BCUT2D eigenvalue weighted by Gasteiger charge is -2.17. The molecule has 0 radical (unpaired) electrons. The number of hydrogen-bond donors (Lipinski definition) is 2. The molecule has 1 unspecified atom stereocenters. The number of nitrogens with one attached hydrogen (secondary N) is 2. The Balaban J connectivity index is 1.61. The molecule has 0 aliphatic heterocycles. The van der Waals surface area contributed by atoms with Crippen molar-refractivity contribution in [1.82, 2.24) is 4.72 Å². The zero-order chi connectivity index (χ0) is 21.6. The van der Waals surface area contributed by atoms with Crippen molar-refractivity contribution in [3.63, 3.8) is 0 Å². The highest BCUT2D eigenvalue weighted by molar-refractivity contribution is 7.89. The van der Waals surface area contributed by atoms with Gasteiger partial charge in [0.2, 0.25) is 10.0 Å². The van der Waals surface area contributed by atoms with Crippen molar-refractivity contribution in [2.75, 3.05) is 5.32 Å². The van der Waals surface area contributed by atoms with Gasteiger partial charge >= 0.3 is 0 Å². The molecule has 3 rings (SSSR count). The molecule has 0 saturated carbocycles. The molecule has 0 spiro atoms. The Bertz CT molecular complexity index is 1080. The molecule has 0 aliphatic rings. The number of aryl methyl sites for hydroxylation is 1. The highest BCUT2D eigenvalue weighted by Gasteiger charge is 2.19. The van der Waals surface area contributed by atoms with Crippen molar-refractivity contribution in [1.29, 1.82) is 0 Å². The summed E-state index contributed by atoms with van der Waals surface area (Å²) in [7, 11) is -3.69. The van der Waals surface area contributed by atoms with Crippen LogP contribution in [-0.2, 0) is 21.4 Å². The monoisotopic (exact) mass is 428 g/mol. The summed E-state index contributed by atoms with van der Waals surface area (Å²) in [4.78, 5) is 12.7. The Kier molecular flexibility index (Phi) is 6.91. The van der Waals surface area contributed by atoms with Gasteiger partial charge in [0, 0.05) is 5.69 Å². The van der Waals surface area contributed by atoms with Crippen molar-refractivity contribution in [3.05, 3.63) is 78.3 Å². The van der Waals surface area contributed by atoms with Crippen LogP contribution in [-0.4, -0.2) is 20.4 Å². The van der Waals surface area contributed by atoms with Crippen molar-refractivity contribution in [2.45, 2.75) is 37.8 Å². The van der Waals surface area contributed by atoms with Gasteiger partial charge < -0.3 is 14.5 Å². The van der Waals surface area contributed by atoms with E-state index in [1.54, 1.807) is 30.3 Å². The first-order valence-electron chi connectivity index (χ1n) is 9.53. The number of sulfonamides is 1. The molecule has 30 heavy (non-hydrogen) atoms. The number of amides is 1. The van der Waals surface area contributed by atoms with Gasteiger partial charge in [0.25, 0.3) is 5.91 Å². The maximum Gasteiger partial charge on any atom is 0.265 e. The van der Waals surface area contributed by atoms with Crippen LogP contribution in [0.4, 0.5) is 5.69 Å². The van der Waals surface area contributed by atoms with E-state index in [0.29, 0.717) is 23.6 Å². The first kappa shape index (κ1) is 21.6. The highest BCUT2D eigenvalue weighted by Crippen LogP contribution is 2.18. The summed E-state index contributed by atoms with van der Waals surface area (Å²) in [6.07, 6.45) is 1.31. The van der Waals surface area contributed by atoms with Crippen LogP contribution in [0, 0.1) is 6.92 Å². The second-order valence-corrected chi connectivity index (χ2v) is 8.52. The predicted molar refractivity (Wildman–Crippen MR) is 114 cm³/mol. The van der Waals surface area contributed by atoms with Gasteiger partial charge in [0.15, 0.2) is 6.10 Å². The van der Waals surface area contributed by atoms with Gasteiger partial charge in [-0.3, -0.25) is 4.79 Å². The summed E-state index contributed by atoms with van der Waals surface area (Å²) in [5.74, 6) is 0.841. The minimum atomic E-state index is -3.69. The molecule has 2 aromatic carbocycles. The van der Waals surface area contributed by atoms with Crippen molar-refractivity contribution in [3.8, 4) is 5.75 Å². The van der Waals surface area contributed by atoms with E-state index >= 15 is 0 Å². The summed E-state index contributed by atoms with van der Waals surface area (Å²) in [6, 6.07) is 16.8. The largest absolute Gasteiger partial charge is 0.481 e. The fraction of sp³-hybridized carbons (Fsp3) is 0.227. The standard InChI is InChI=1S/C22H24N2O5S/c1-3-21(29-18-7-4-6-16(2)14-18)22(25)24-17-9-11-20(12-10-17)30(26,27)23-15-19-8-5-13-28-19/h4-14,21,23H,3,15H2,1-2H3,(H,24,25). The van der Waals surface area contributed by atoms with E-state index in [-0.39, 0.29) is 17.3 Å². The van der Waals surface area contributed by atoms with Crippen LogP contribution in [0.1, 0.15) is 24.7 Å². The average molecular weight is 429 g/mol. The summed E-state index contributed by atoms with van der Waals surface area (Å²) < 4.78 is 38.2. The van der Waals surface area contributed by atoms with Gasteiger partial charge in [-0.15, -0.1) is 0 Å². The van der Waals surface area contributed by atoms with Crippen LogP contribution in [0.25, 0.3) is 0 Å². The van der Waals surface area contributed by atoms with Crippen LogP contribution >= 0.6 is 0 Å². The van der Waals surface area contributed by atoms with Crippen LogP contribution in [0.5, 0.6) is 5.75 Å². The molecule has 0 saturated heterocycles. The normalized spacial score (nSPS) is 12.3. The van der Waals surface area contributed by atoms with Crippen molar-refractivity contribution < 1.29 is 22.4 Å². The molecule has 1 aromatic heterocycles. The molecule has 1 amide bonds. The smallest absolute Gasteiger partial charge is 0.265 e. The zero-order valence-corrected chi connectivity index (χ0v) is 17.6. The lowest BCUT2D eigenvalue weighted by Crippen LogP contribution is -2.32. The minimum absolute atomic E-state index is 0.0578. The highest BCUT2D eigenvalue weighted by atomic mass is 32.2. The van der Waals surface area contributed by atoms with Gasteiger partial charge in [0.05, 0.1) is 17.7 Å². The molecule has 2 N–H and O–H groups in total. The second-order valence-electron chi connectivity index (χ2n) is 6.75. The SMILES string of the molecule is CCC(Oc1cccc(C)c1)C(=O)Nc1ccc(S(=O)(=O)NCc2ccco2)cc1. The molecular formula is C22H24N2O5S. The maximum atomic E-state index is 12.6. The molecule has 8 heteroatoms. The Morgan fingerprint density at radius 1 is 1.10 bits per heavy atom. The topological polar surface area (TPSA) is 97.6 Å². The van der Waals surface area contributed by atoms with Gasteiger partial charge in [0.1, 0.15) is 11.5 Å². The first-order valence-corrected chi connectivity index (χ1v) is 11.0. The Morgan fingerprint density at radius 3 is 2.50 bits per heavy atom. The number of anilines is 1. The van der Waals surface area contributed by atoms with E-state index in [4.69, 9.17) is 9.15 Å². The summed E-state index contributed by atoms with van der Waals surface area (Å²) >= 11 is 0. The van der Waals surface area contributed by atoms with Crippen LogP contribution in [0.3, 0.4) is 0 Å². The van der Waals surface area contributed by atoms with E-state index in [2.05, 4.69) is 10.0 Å². The van der Waals surface area contributed by atoms with E-state index in [1.165, 1.54) is 18.4 Å². The molecule has 158 valence electrons. The fourth-order valence-corrected chi connectivity index (χ4v) is 3.77. The molecule has 1 heterocycles. The summed E-state index contributed by atoms with van der Waals surface area (Å²) in [6.45, 7) is 3.87. The Labute approximate surface area is 176 Å². The van der Waals surface area contributed by atoms with E-state index in [0.717, 1.165) is 5.56 Å². The van der Waals surface area contributed by atoms with E-state index in [9.17, 15) is 13.2 Å². The Morgan fingerprint density at radius 2 is 1.87 bits per heavy atom. The molecule has 0 bridgehead atoms. The number of hydrogen-bond acceptors (Lipinski definition) is 5. The summed E-state index contributed by atoms with van der Waals surface area (Å²) in [5, 5.41) is 2.77. The maximum absolute atomic E-state index is 12.6. The number of carbonyl (C=O) groups is 1. The lowest BCUT2D eigenvalue weighted by atomic mass is 10.2. The van der Waals surface area contributed by atoms with E-state index in [1.807, 2.05) is 32.0 Å². The van der Waals surface area contributed by atoms with Crippen LogP contribution in [0.15, 0.2) is 76.2 Å². The van der Waals surface area contributed by atoms with Crippen LogP contribution in [0.2, 0.25) is 0 Å². The quantitative estimate of drug-likeness (QED) is 0.539. The summed E-state index contributed by atoms with van der Waals surface area (Å²) in [5.41, 5.74) is 1.52. The second kappa shape index (κ2) is 9.60. The third-order valence-corrected chi connectivity index (χ3v) is 5.80. The van der Waals surface area contributed by atoms with E-state index < -0.39 is 16.1 Å². The molecular weight excluding hydrogens is 404 g/mol. The first-order chi connectivity index (χ1) is 14.4. The lowest BCUT2D eigenvalue weighted by molar-refractivity contribution is -0.122. The molecule has 0 aliphatic carbocycles. The number of carbonyl (C=O) groups excluding carboxylic acids is 1. The van der Waals surface area contributed by atoms with Crippen molar-refractivity contribution >= 4 is 21.6 Å². The Hall–Kier alpha value is -3.10. The molecule has 3 aromatic rings. The molecule has 7 nitrogen and oxygen atoms in total. The van der Waals surface area contributed by atoms with Gasteiger partial charge in [-0.05, 0) is 67.4 Å². The molecule has 0 fully saturated rings. The number of furan rings is 1. The van der Waals surface area contributed by atoms with Crippen molar-refractivity contribution in [2.24, 2.45) is 0 Å². The van der Waals surface area contributed by atoms with Gasteiger partial charge in [-0.1, -0.05) is 19.1 Å². The van der Waals surface area contributed by atoms with Gasteiger partial charge in [-0.2, -0.15) is 0 Å².